The van der Waals surface area contributed by atoms with Crippen molar-refractivity contribution in [3.05, 3.63) is 30.1 Å². The molecule has 3 aliphatic rings. The molecule has 1 aliphatic carbocycles. The molecule has 2 aliphatic heterocycles. The van der Waals surface area contributed by atoms with Crippen LogP contribution in [0.5, 0.6) is 5.75 Å². The van der Waals surface area contributed by atoms with Crippen molar-refractivity contribution in [2.45, 2.75) is 63.8 Å². The third-order valence-corrected chi connectivity index (χ3v) is 6.91. The number of methoxy groups -OCH3 is 1. The minimum absolute atomic E-state index is 0.0611. The van der Waals surface area contributed by atoms with Gasteiger partial charge in [-0.1, -0.05) is 0 Å². The Hall–Kier alpha value is -2.58. The molecule has 2 atom stereocenters. The second-order valence-electron chi connectivity index (χ2n) is 9.12. The lowest BCUT2D eigenvalue weighted by molar-refractivity contribution is 0.0300. The van der Waals surface area contributed by atoms with Crippen molar-refractivity contribution < 1.29 is 19.4 Å². The van der Waals surface area contributed by atoms with E-state index in [0.717, 1.165) is 60.4 Å². The SMILES string of the molecule is COC(=O)N1c2ccc(-c3cnn(C4CC4)c3)c(OCCN3CCCC3O)c2CC[C@@H]1C. The summed E-state index contributed by atoms with van der Waals surface area (Å²) in [4.78, 5) is 16.3. The molecule has 8 heteroatoms. The summed E-state index contributed by atoms with van der Waals surface area (Å²) < 4.78 is 13.5. The average Bonchev–Trinajstić information content (AvgIpc) is 3.39. The number of aliphatic hydroxyl groups excluding tert-OH is 1. The third-order valence-electron chi connectivity index (χ3n) is 6.91. The number of fused-ring (bicyclic) bond motifs is 1. The summed E-state index contributed by atoms with van der Waals surface area (Å²) in [6, 6.07) is 4.60. The van der Waals surface area contributed by atoms with Crippen LogP contribution in [-0.2, 0) is 11.2 Å². The van der Waals surface area contributed by atoms with E-state index in [1.807, 2.05) is 29.9 Å². The van der Waals surface area contributed by atoms with Crippen LogP contribution in [0, 0.1) is 0 Å². The molecule has 1 saturated heterocycles. The van der Waals surface area contributed by atoms with Gasteiger partial charge in [-0.2, -0.15) is 5.10 Å². The Labute approximate surface area is 188 Å². The molecular weight excluding hydrogens is 408 g/mol. The van der Waals surface area contributed by atoms with E-state index in [9.17, 15) is 9.90 Å². The molecule has 1 saturated carbocycles. The second kappa shape index (κ2) is 8.75. The molecule has 8 nitrogen and oxygen atoms in total. The van der Waals surface area contributed by atoms with Crippen LogP contribution in [0.25, 0.3) is 11.1 Å². The Morgan fingerprint density at radius 3 is 2.81 bits per heavy atom. The Morgan fingerprint density at radius 1 is 1.25 bits per heavy atom. The molecule has 1 unspecified atom stereocenters. The maximum absolute atomic E-state index is 12.5. The first-order valence-electron chi connectivity index (χ1n) is 11.7. The van der Waals surface area contributed by atoms with Crippen LogP contribution in [0.4, 0.5) is 10.5 Å². The van der Waals surface area contributed by atoms with E-state index in [0.29, 0.717) is 19.2 Å². The van der Waals surface area contributed by atoms with Crippen LogP contribution in [0.1, 0.15) is 50.6 Å². The van der Waals surface area contributed by atoms with E-state index in [4.69, 9.17) is 9.47 Å². The molecule has 1 amide bonds. The number of hydrogen-bond acceptors (Lipinski definition) is 6. The summed E-state index contributed by atoms with van der Waals surface area (Å²) in [7, 11) is 1.42. The van der Waals surface area contributed by atoms with Crippen molar-refractivity contribution in [3.63, 3.8) is 0 Å². The summed E-state index contributed by atoms with van der Waals surface area (Å²) in [5.74, 6) is 0.812. The molecule has 32 heavy (non-hydrogen) atoms. The molecule has 2 fully saturated rings. The van der Waals surface area contributed by atoms with Gasteiger partial charge in [0.25, 0.3) is 0 Å². The van der Waals surface area contributed by atoms with Crippen LogP contribution in [-0.4, -0.2) is 65.0 Å². The highest BCUT2D eigenvalue weighted by atomic mass is 16.5. The van der Waals surface area contributed by atoms with Crippen molar-refractivity contribution in [1.29, 1.82) is 0 Å². The number of ether oxygens (including phenoxy) is 2. The van der Waals surface area contributed by atoms with Crippen LogP contribution >= 0.6 is 0 Å². The van der Waals surface area contributed by atoms with Gasteiger partial charge in [0.05, 0.1) is 25.0 Å². The van der Waals surface area contributed by atoms with E-state index >= 15 is 0 Å². The number of carbonyl (C=O) groups is 1. The monoisotopic (exact) mass is 440 g/mol. The fraction of sp³-hybridized carbons (Fsp3) is 0.583. The number of rotatable bonds is 6. The van der Waals surface area contributed by atoms with Gasteiger partial charge in [0.2, 0.25) is 0 Å². The first-order valence-corrected chi connectivity index (χ1v) is 11.7. The smallest absolute Gasteiger partial charge is 0.414 e. The van der Waals surface area contributed by atoms with Crippen molar-refractivity contribution in [3.8, 4) is 16.9 Å². The Morgan fingerprint density at radius 2 is 2.09 bits per heavy atom. The largest absolute Gasteiger partial charge is 0.491 e. The molecule has 3 heterocycles. The summed E-state index contributed by atoms with van der Waals surface area (Å²) in [6.45, 7) is 4.09. The van der Waals surface area contributed by atoms with Gasteiger partial charge in [-0.15, -0.1) is 0 Å². The fourth-order valence-corrected chi connectivity index (χ4v) is 4.92. The zero-order chi connectivity index (χ0) is 22.2. The van der Waals surface area contributed by atoms with Gasteiger partial charge in [-0.25, -0.2) is 4.79 Å². The van der Waals surface area contributed by atoms with Crippen molar-refractivity contribution in [2.24, 2.45) is 0 Å². The molecular formula is C24H32N4O4. The highest BCUT2D eigenvalue weighted by Crippen LogP contribution is 2.44. The maximum atomic E-state index is 12.5. The molecule has 0 bridgehead atoms. The standard InChI is InChI=1S/C24H32N4O4/c1-16-5-8-20-21(28(16)24(30)31-2)10-9-19(17-14-25-27(15-17)18-6-7-18)23(20)32-13-12-26-11-3-4-22(26)29/h9-10,14-16,18,22,29H,3-8,11-13H2,1-2H3/t16-,22?/m0/s1. The second-order valence-corrected chi connectivity index (χ2v) is 9.12. The first-order chi connectivity index (χ1) is 15.6. The quantitative estimate of drug-likeness (QED) is 0.740. The van der Waals surface area contributed by atoms with Crippen molar-refractivity contribution >= 4 is 11.8 Å². The van der Waals surface area contributed by atoms with Crippen molar-refractivity contribution in [2.75, 3.05) is 31.7 Å². The third kappa shape index (κ3) is 3.97. The lowest BCUT2D eigenvalue weighted by Crippen LogP contribution is -2.42. The van der Waals surface area contributed by atoms with Crippen LogP contribution in [0.3, 0.4) is 0 Å². The van der Waals surface area contributed by atoms with Crippen molar-refractivity contribution in [1.82, 2.24) is 14.7 Å². The van der Waals surface area contributed by atoms with E-state index < -0.39 is 0 Å². The van der Waals surface area contributed by atoms with Gasteiger partial charge in [0.15, 0.2) is 0 Å². The zero-order valence-electron chi connectivity index (χ0n) is 18.9. The van der Waals surface area contributed by atoms with Gasteiger partial charge >= 0.3 is 6.09 Å². The number of benzene rings is 1. The summed E-state index contributed by atoms with van der Waals surface area (Å²) in [5, 5.41) is 14.7. The molecule has 5 rings (SSSR count). The number of aromatic nitrogens is 2. The molecule has 172 valence electrons. The topological polar surface area (TPSA) is 80.1 Å². The Kier molecular flexibility index (Phi) is 5.82. The van der Waals surface area contributed by atoms with E-state index in [-0.39, 0.29) is 18.4 Å². The number of likely N-dealkylation sites (tertiary alicyclic amines) is 1. The predicted molar refractivity (Wildman–Crippen MR) is 121 cm³/mol. The van der Waals surface area contributed by atoms with Gasteiger partial charge in [-0.3, -0.25) is 14.5 Å². The lowest BCUT2D eigenvalue weighted by Gasteiger charge is -2.35. The van der Waals surface area contributed by atoms with Gasteiger partial charge < -0.3 is 14.6 Å². The number of aliphatic hydroxyl groups is 1. The average molecular weight is 441 g/mol. The van der Waals surface area contributed by atoms with E-state index in [2.05, 4.69) is 16.2 Å². The summed E-state index contributed by atoms with van der Waals surface area (Å²) >= 11 is 0. The van der Waals surface area contributed by atoms with Crippen LogP contribution in [0.15, 0.2) is 24.5 Å². The minimum Gasteiger partial charge on any atom is -0.491 e. The summed E-state index contributed by atoms with van der Waals surface area (Å²) in [5.41, 5.74) is 3.91. The fourth-order valence-electron chi connectivity index (χ4n) is 4.92. The molecule has 0 spiro atoms. The van der Waals surface area contributed by atoms with Gasteiger partial charge in [-0.05, 0) is 57.6 Å². The number of carbonyl (C=O) groups excluding carboxylic acids is 1. The van der Waals surface area contributed by atoms with Crippen LogP contribution < -0.4 is 9.64 Å². The summed E-state index contributed by atoms with van der Waals surface area (Å²) in [6.07, 6.45) is 9.13. The first kappa shape index (κ1) is 21.3. The lowest BCUT2D eigenvalue weighted by atomic mass is 9.92. The number of amides is 1. The molecule has 0 radical (unpaired) electrons. The molecule has 1 N–H and O–H groups in total. The Balaban J connectivity index is 1.48. The zero-order valence-corrected chi connectivity index (χ0v) is 18.9. The number of hydrogen-bond donors (Lipinski definition) is 1. The highest BCUT2D eigenvalue weighted by Gasteiger charge is 2.33. The van der Waals surface area contributed by atoms with E-state index in [1.54, 1.807) is 4.90 Å². The molecule has 2 aromatic rings. The minimum atomic E-state index is -0.379. The van der Waals surface area contributed by atoms with Gasteiger partial charge in [0.1, 0.15) is 18.6 Å². The van der Waals surface area contributed by atoms with Gasteiger partial charge in [0, 0.05) is 42.0 Å². The normalized spacial score (nSPS) is 23.3. The number of nitrogens with zero attached hydrogens (tertiary/aromatic N) is 4. The number of anilines is 1. The molecule has 1 aromatic heterocycles. The van der Waals surface area contributed by atoms with E-state index in [1.165, 1.54) is 20.0 Å². The molecule has 1 aromatic carbocycles. The highest BCUT2D eigenvalue weighted by molar-refractivity contribution is 5.92. The maximum Gasteiger partial charge on any atom is 0.414 e. The Bertz CT molecular complexity index is 986. The predicted octanol–water partition coefficient (Wildman–Crippen LogP) is 3.59. The van der Waals surface area contributed by atoms with Crippen LogP contribution in [0.2, 0.25) is 0 Å².